The van der Waals surface area contributed by atoms with Crippen LogP contribution in [-0.2, 0) is 6.42 Å². The third-order valence-electron chi connectivity index (χ3n) is 4.03. The Kier molecular flexibility index (Phi) is 4.75. The summed E-state index contributed by atoms with van der Waals surface area (Å²) in [6.45, 7) is 3.06. The average molecular weight is 321 g/mol. The first-order valence-electron chi connectivity index (χ1n) is 8.05. The summed E-state index contributed by atoms with van der Waals surface area (Å²) in [5, 5.41) is 0.487. The molecular formula is C20H19NO3. The molecule has 122 valence electrons. The highest BCUT2D eigenvalue weighted by molar-refractivity contribution is 5.93. The third-order valence-corrected chi connectivity index (χ3v) is 4.03. The molecule has 3 aromatic rings. The molecule has 4 nitrogen and oxygen atoms in total. The fourth-order valence-electron chi connectivity index (χ4n) is 2.68. The van der Waals surface area contributed by atoms with Crippen LogP contribution in [0.2, 0.25) is 0 Å². The Morgan fingerprint density at radius 2 is 1.75 bits per heavy atom. The lowest BCUT2D eigenvalue weighted by Gasteiger charge is -2.20. The number of carbonyl (C=O) groups excluding carboxylic acids is 1. The van der Waals surface area contributed by atoms with Crippen molar-refractivity contribution in [2.45, 2.75) is 13.3 Å². The predicted octanol–water partition coefficient (Wildman–Crippen LogP) is 3.50. The van der Waals surface area contributed by atoms with E-state index in [1.54, 1.807) is 29.2 Å². The summed E-state index contributed by atoms with van der Waals surface area (Å²) >= 11 is 0. The van der Waals surface area contributed by atoms with Crippen LogP contribution in [0.3, 0.4) is 0 Å². The second kappa shape index (κ2) is 7.13. The van der Waals surface area contributed by atoms with E-state index >= 15 is 0 Å². The van der Waals surface area contributed by atoms with Crippen LogP contribution in [0, 0.1) is 0 Å². The van der Waals surface area contributed by atoms with Crippen molar-refractivity contribution >= 4 is 16.9 Å². The van der Waals surface area contributed by atoms with E-state index in [0.29, 0.717) is 24.1 Å². The Morgan fingerprint density at radius 1 is 1.04 bits per heavy atom. The summed E-state index contributed by atoms with van der Waals surface area (Å²) < 4.78 is 5.65. The molecule has 3 rings (SSSR count). The van der Waals surface area contributed by atoms with Crippen LogP contribution < -0.4 is 5.43 Å². The van der Waals surface area contributed by atoms with Crippen molar-refractivity contribution in [3.05, 3.63) is 82.2 Å². The van der Waals surface area contributed by atoms with Crippen LogP contribution in [0.5, 0.6) is 0 Å². The van der Waals surface area contributed by atoms with E-state index in [-0.39, 0.29) is 17.1 Å². The highest BCUT2D eigenvalue weighted by Crippen LogP contribution is 2.13. The van der Waals surface area contributed by atoms with Crippen molar-refractivity contribution in [1.82, 2.24) is 4.90 Å². The summed E-state index contributed by atoms with van der Waals surface area (Å²) in [6.07, 6.45) is 0.762. The summed E-state index contributed by atoms with van der Waals surface area (Å²) in [5.41, 5.74) is 1.41. The monoisotopic (exact) mass is 321 g/mol. The first kappa shape index (κ1) is 16.0. The average Bonchev–Trinajstić information content (AvgIpc) is 2.63. The van der Waals surface area contributed by atoms with Gasteiger partial charge in [-0.15, -0.1) is 0 Å². The fraction of sp³-hybridized carbons (Fsp3) is 0.200. The van der Waals surface area contributed by atoms with Gasteiger partial charge in [0.15, 0.2) is 11.2 Å². The van der Waals surface area contributed by atoms with Crippen LogP contribution in [0.4, 0.5) is 0 Å². The zero-order valence-corrected chi connectivity index (χ0v) is 13.6. The molecule has 0 saturated carbocycles. The molecule has 0 aliphatic carbocycles. The maximum Gasteiger partial charge on any atom is 0.289 e. The SMILES string of the molecule is CCN(CCc1ccccc1)C(=O)c1cc(=O)c2ccccc2o1. The molecule has 4 heteroatoms. The van der Waals surface area contributed by atoms with E-state index < -0.39 is 0 Å². The molecule has 0 aliphatic heterocycles. The van der Waals surface area contributed by atoms with Gasteiger partial charge in [0.25, 0.3) is 5.91 Å². The van der Waals surface area contributed by atoms with Crippen LogP contribution in [0.15, 0.2) is 69.9 Å². The van der Waals surface area contributed by atoms with Crippen LogP contribution in [0.25, 0.3) is 11.0 Å². The normalized spacial score (nSPS) is 10.7. The number of carbonyl (C=O) groups is 1. The molecule has 0 unspecified atom stereocenters. The zero-order chi connectivity index (χ0) is 16.9. The summed E-state index contributed by atoms with van der Waals surface area (Å²) in [7, 11) is 0. The Morgan fingerprint density at radius 3 is 2.50 bits per heavy atom. The second-order valence-corrected chi connectivity index (χ2v) is 5.59. The molecule has 0 saturated heterocycles. The third kappa shape index (κ3) is 3.38. The molecule has 0 radical (unpaired) electrons. The number of rotatable bonds is 5. The first-order valence-corrected chi connectivity index (χ1v) is 8.05. The Hall–Kier alpha value is -2.88. The lowest BCUT2D eigenvalue weighted by atomic mass is 10.1. The molecular weight excluding hydrogens is 302 g/mol. The minimum absolute atomic E-state index is 0.0913. The van der Waals surface area contributed by atoms with Crippen molar-refractivity contribution in [1.29, 1.82) is 0 Å². The Bertz CT molecular complexity index is 899. The molecule has 0 N–H and O–H groups in total. The molecule has 0 bridgehead atoms. The van der Waals surface area contributed by atoms with Crippen molar-refractivity contribution in [2.24, 2.45) is 0 Å². The van der Waals surface area contributed by atoms with E-state index in [0.717, 1.165) is 6.42 Å². The first-order chi connectivity index (χ1) is 11.7. The van der Waals surface area contributed by atoms with Crippen molar-refractivity contribution in [3.63, 3.8) is 0 Å². The van der Waals surface area contributed by atoms with Crippen molar-refractivity contribution < 1.29 is 9.21 Å². The van der Waals surface area contributed by atoms with Gasteiger partial charge in [-0.3, -0.25) is 9.59 Å². The number of benzene rings is 2. The summed E-state index contributed by atoms with van der Waals surface area (Å²) in [4.78, 5) is 26.5. The van der Waals surface area contributed by atoms with Crippen molar-refractivity contribution in [2.75, 3.05) is 13.1 Å². The van der Waals surface area contributed by atoms with Crippen molar-refractivity contribution in [3.8, 4) is 0 Å². The van der Waals surface area contributed by atoms with Gasteiger partial charge < -0.3 is 9.32 Å². The number of hydrogen-bond donors (Lipinski definition) is 0. The van der Waals surface area contributed by atoms with Gasteiger partial charge in [0.1, 0.15) is 5.58 Å². The summed E-state index contributed by atoms with van der Waals surface area (Å²) in [5.74, 6) is -0.162. The minimum Gasteiger partial charge on any atom is -0.451 e. The molecule has 1 amide bonds. The molecule has 1 heterocycles. The van der Waals surface area contributed by atoms with Crippen LogP contribution in [0.1, 0.15) is 23.0 Å². The second-order valence-electron chi connectivity index (χ2n) is 5.59. The van der Waals surface area contributed by atoms with Gasteiger partial charge in [-0.2, -0.15) is 0 Å². The molecule has 2 aromatic carbocycles. The van der Waals surface area contributed by atoms with E-state index in [2.05, 4.69) is 0 Å². The van der Waals surface area contributed by atoms with Crippen LogP contribution in [-0.4, -0.2) is 23.9 Å². The molecule has 0 atom stereocenters. The summed E-state index contributed by atoms with van der Waals surface area (Å²) in [6, 6.07) is 18.3. The van der Waals surface area contributed by atoms with Gasteiger partial charge in [-0.25, -0.2) is 0 Å². The standard InChI is InChI=1S/C20H19NO3/c1-2-21(13-12-15-8-4-3-5-9-15)20(23)19-14-17(22)16-10-6-7-11-18(16)24-19/h3-11,14H,2,12-13H2,1H3. The smallest absolute Gasteiger partial charge is 0.289 e. The topological polar surface area (TPSA) is 50.5 Å². The maximum atomic E-state index is 12.7. The number of fused-ring (bicyclic) bond motifs is 1. The number of nitrogens with zero attached hydrogens (tertiary/aromatic N) is 1. The van der Waals surface area contributed by atoms with E-state index in [9.17, 15) is 9.59 Å². The van der Waals surface area contributed by atoms with E-state index in [4.69, 9.17) is 4.42 Å². The molecule has 1 aromatic heterocycles. The fourth-order valence-corrected chi connectivity index (χ4v) is 2.68. The number of hydrogen-bond acceptors (Lipinski definition) is 3. The highest BCUT2D eigenvalue weighted by atomic mass is 16.3. The Labute approximate surface area is 140 Å². The minimum atomic E-state index is -0.253. The lowest BCUT2D eigenvalue weighted by molar-refractivity contribution is 0.0735. The highest BCUT2D eigenvalue weighted by Gasteiger charge is 2.18. The lowest BCUT2D eigenvalue weighted by Crippen LogP contribution is -2.33. The van der Waals surface area contributed by atoms with Crippen LogP contribution >= 0.6 is 0 Å². The Balaban J connectivity index is 1.82. The molecule has 0 fully saturated rings. The van der Waals surface area contributed by atoms with Gasteiger partial charge in [-0.05, 0) is 31.0 Å². The predicted molar refractivity (Wildman–Crippen MR) is 94.2 cm³/mol. The van der Waals surface area contributed by atoms with Gasteiger partial charge in [-0.1, -0.05) is 42.5 Å². The maximum absolute atomic E-state index is 12.7. The van der Waals surface area contributed by atoms with E-state index in [1.807, 2.05) is 37.3 Å². The molecule has 24 heavy (non-hydrogen) atoms. The zero-order valence-electron chi connectivity index (χ0n) is 13.6. The van der Waals surface area contributed by atoms with Gasteiger partial charge >= 0.3 is 0 Å². The number of amides is 1. The van der Waals surface area contributed by atoms with E-state index in [1.165, 1.54) is 11.6 Å². The number of para-hydroxylation sites is 1. The van der Waals surface area contributed by atoms with Gasteiger partial charge in [0.2, 0.25) is 0 Å². The number of likely N-dealkylation sites (N-methyl/N-ethyl adjacent to an activating group) is 1. The molecule has 0 aliphatic rings. The molecule has 0 spiro atoms. The largest absolute Gasteiger partial charge is 0.451 e. The quantitative estimate of drug-likeness (QED) is 0.723. The van der Waals surface area contributed by atoms with Gasteiger partial charge in [0.05, 0.1) is 5.39 Å². The van der Waals surface area contributed by atoms with Gasteiger partial charge in [0, 0.05) is 19.2 Å².